The number of carbonyl (C=O) groups excluding carboxylic acids is 1. The Hall–Kier alpha value is -1.35. The van der Waals surface area contributed by atoms with Crippen LogP contribution in [0.25, 0.3) is 0 Å². The summed E-state index contributed by atoms with van der Waals surface area (Å²) in [7, 11) is 0. The topological polar surface area (TPSA) is 32.3 Å². The number of hydrogen-bond acceptors (Lipinski definition) is 2. The molecule has 1 aromatic carbocycles. The van der Waals surface area contributed by atoms with Gasteiger partial charge in [0.15, 0.2) is 0 Å². The molecule has 3 heteroatoms. The van der Waals surface area contributed by atoms with Crippen molar-refractivity contribution < 1.29 is 4.79 Å². The van der Waals surface area contributed by atoms with Crippen LogP contribution in [0.15, 0.2) is 24.3 Å². The Bertz CT molecular complexity index is 546. The molecule has 1 spiro atoms. The van der Waals surface area contributed by atoms with Gasteiger partial charge in [0.1, 0.15) is 11.7 Å². The summed E-state index contributed by atoms with van der Waals surface area (Å²) >= 11 is 0. The molecule has 2 saturated carbocycles. The van der Waals surface area contributed by atoms with E-state index in [1.807, 2.05) is 0 Å². The molecule has 20 heavy (non-hydrogen) atoms. The number of rotatable bonds is 3. The normalized spacial score (nSPS) is 27.9. The molecule has 1 N–H and O–H groups in total. The second kappa shape index (κ2) is 4.32. The van der Waals surface area contributed by atoms with E-state index in [0.29, 0.717) is 5.91 Å². The lowest BCUT2D eigenvalue weighted by Crippen LogP contribution is -2.37. The monoisotopic (exact) mass is 270 g/mol. The first-order valence-electron chi connectivity index (χ1n) is 7.83. The molecule has 0 radical (unpaired) electrons. The molecule has 3 aliphatic rings. The molecule has 106 valence electrons. The number of aryl methyl sites for hydroxylation is 1. The third-order valence-corrected chi connectivity index (χ3v) is 5.18. The number of nitrogens with one attached hydrogen (secondary N) is 1. The van der Waals surface area contributed by atoms with Gasteiger partial charge in [-0.1, -0.05) is 36.2 Å². The summed E-state index contributed by atoms with van der Waals surface area (Å²) in [4.78, 5) is 14.8. The Morgan fingerprint density at radius 2 is 2.15 bits per heavy atom. The Kier molecular flexibility index (Phi) is 2.68. The van der Waals surface area contributed by atoms with E-state index < -0.39 is 0 Å². The lowest BCUT2D eigenvalue weighted by atomic mass is 9.85. The summed E-state index contributed by atoms with van der Waals surface area (Å²) in [5, 5.41) is 3.61. The van der Waals surface area contributed by atoms with E-state index in [1.54, 1.807) is 0 Å². The molecular weight excluding hydrogens is 248 g/mol. The number of carbonyl (C=O) groups is 1. The van der Waals surface area contributed by atoms with Gasteiger partial charge in [0, 0.05) is 6.54 Å². The van der Waals surface area contributed by atoms with Gasteiger partial charge in [0.05, 0.1) is 0 Å². The first-order valence-corrected chi connectivity index (χ1v) is 7.83. The number of hydrogen-bond donors (Lipinski definition) is 1. The minimum Gasteiger partial charge on any atom is -0.321 e. The third-order valence-electron chi connectivity index (χ3n) is 5.18. The van der Waals surface area contributed by atoms with Crippen LogP contribution in [0, 0.1) is 12.8 Å². The molecule has 1 heterocycles. The molecular formula is C17H22N2O. The summed E-state index contributed by atoms with van der Waals surface area (Å²) in [6.07, 6.45) is 6.02. The van der Waals surface area contributed by atoms with Gasteiger partial charge >= 0.3 is 0 Å². The lowest BCUT2D eigenvalue weighted by Gasteiger charge is -2.33. The van der Waals surface area contributed by atoms with E-state index in [4.69, 9.17) is 0 Å². The second-order valence-electron chi connectivity index (χ2n) is 6.80. The molecule has 1 saturated heterocycles. The van der Waals surface area contributed by atoms with Crippen LogP contribution < -0.4 is 5.32 Å². The molecule has 1 atom stereocenters. The van der Waals surface area contributed by atoms with Crippen molar-refractivity contribution in [2.24, 2.45) is 5.92 Å². The van der Waals surface area contributed by atoms with E-state index in [9.17, 15) is 4.79 Å². The van der Waals surface area contributed by atoms with Gasteiger partial charge in [0.2, 0.25) is 5.91 Å². The molecule has 0 bridgehead atoms. The van der Waals surface area contributed by atoms with Crippen LogP contribution in [0.5, 0.6) is 0 Å². The standard InChI is InChI=1S/C17H22N2O/c1-12-4-2-7-14(10-12)15-18-17(8-9-17)16(20)19(15)11-13-5-3-6-13/h2,4,7,10,13,15,18H,3,5-6,8-9,11H2,1H3. The van der Waals surface area contributed by atoms with Crippen LogP contribution in [0.3, 0.4) is 0 Å². The van der Waals surface area contributed by atoms with E-state index in [-0.39, 0.29) is 11.7 Å². The van der Waals surface area contributed by atoms with Crippen molar-refractivity contribution in [3.63, 3.8) is 0 Å². The number of benzene rings is 1. The lowest BCUT2D eigenvalue weighted by molar-refractivity contribution is -0.131. The van der Waals surface area contributed by atoms with Crippen LogP contribution in [0.4, 0.5) is 0 Å². The average molecular weight is 270 g/mol. The molecule has 4 rings (SSSR count). The maximum Gasteiger partial charge on any atom is 0.244 e. The summed E-state index contributed by atoms with van der Waals surface area (Å²) in [5.41, 5.74) is 2.29. The van der Waals surface area contributed by atoms with Crippen LogP contribution in [-0.2, 0) is 4.79 Å². The van der Waals surface area contributed by atoms with Gasteiger partial charge < -0.3 is 4.90 Å². The van der Waals surface area contributed by atoms with Crippen LogP contribution in [0.2, 0.25) is 0 Å². The van der Waals surface area contributed by atoms with E-state index in [2.05, 4.69) is 41.4 Å². The molecule has 1 unspecified atom stereocenters. The zero-order valence-corrected chi connectivity index (χ0v) is 12.1. The molecule has 1 aliphatic heterocycles. The highest BCUT2D eigenvalue weighted by Gasteiger charge is 2.59. The van der Waals surface area contributed by atoms with Crippen molar-refractivity contribution in [2.45, 2.75) is 50.7 Å². The fourth-order valence-electron chi connectivity index (χ4n) is 3.52. The Morgan fingerprint density at radius 3 is 2.75 bits per heavy atom. The van der Waals surface area contributed by atoms with Crippen molar-refractivity contribution in [3.8, 4) is 0 Å². The quantitative estimate of drug-likeness (QED) is 0.916. The summed E-state index contributed by atoms with van der Waals surface area (Å²) in [6, 6.07) is 8.56. The van der Waals surface area contributed by atoms with Gasteiger partial charge in [-0.2, -0.15) is 0 Å². The van der Waals surface area contributed by atoms with Crippen LogP contribution in [-0.4, -0.2) is 22.9 Å². The van der Waals surface area contributed by atoms with E-state index in [0.717, 1.165) is 25.3 Å². The minimum absolute atomic E-state index is 0.0884. The van der Waals surface area contributed by atoms with E-state index in [1.165, 1.54) is 30.4 Å². The van der Waals surface area contributed by atoms with Gasteiger partial charge in [-0.15, -0.1) is 0 Å². The predicted molar refractivity (Wildman–Crippen MR) is 78.1 cm³/mol. The first-order chi connectivity index (χ1) is 9.68. The van der Waals surface area contributed by atoms with Crippen molar-refractivity contribution in [1.82, 2.24) is 10.2 Å². The third kappa shape index (κ3) is 1.87. The maximum atomic E-state index is 12.7. The zero-order chi connectivity index (χ0) is 13.7. The summed E-state index contributed by atoms with van der Waals surface area (Å²) < 4.78 is 0. The predicted octanol–water partition coefficient (Wildman–Crippen LogP) is 2.76. The van der Waals surface area contributed by atoms with Gasteiger partial charge in [-0.25, -0.2) is 0 Å². The highest BCUT2D eigenvalue weighted by molar-refractivity contribution is 5.92. The molecule has 3 fully saturated rings. The summed E-state index contributed by atoms with van der Waals surface area (Å²) in [5.74, 6) is 1.07. The van der Waals surface area contributed by atoms with Crippen molar-refractivity contribution >= 4 is 5.91 Å². The fraction of sp³-hybridized carbons (Fsp3) is 0.588. The van der Waals surface area contributed by atoms with Gasteiger partial charge in [-0.05, 0) is 44.1 Å². The largest absolute Gasteiger partial charge is 0.321 e. The van der Waals surface area contributed by atoms with E-state index >= 15 is 0 Å². The molecule has 1 aromatic rings. The molecule has 3 nitrogen and oxygen atoms in total. The Labute approximate surface area is 120 Å². The maximum absolute atomic E-state index is 12.7. The first kappa shape index (κ1) is 12.4. The SMILES string of the molecule is Cc1cccc(C2NC3(CC3)C(=O)N2CC2CCC2)c1. The molecule has 0 aromatic heterocycles. The van der Waals surface area contributed by atoms with Gasteiger partial charge in [-0.3, -0.25) is 10.1 Å². The molecule has 1 amide bonds. The van der Waals surface area contributed by atoms with Crippen molar-refractivity contribution in [2.75, 3.05) is 6.54 Å². The highest BCUT2D eigenvalue weighted by Crippen LogP contribution is 2.47. The second-order valence-corrected chi connectivity index (χ2v) is 6.80. The van der Waals surface area contributed by atoms with Crippen molar-refractivity contribution in [1.29, 1.82) is 0 Å². The number of amides is 1. The fourth-order valence-corrected chi connectivity index (χ4v) is 3.52. The van der Waals surface area contributed by atoms with Crippen LogP contribution >= 0.6 is 0 Å². The molecule has 2 aliphatic carbocycles. The average Bonchev–Trinajstić information content (AvgIpc) is 3.10. The van der Waals surface area contributed by atoms with Crippen molar-refractivity contribution in [3.05, 3.63) is 35.4 Å². The Balaban J connectivity index is 1.63. The Morgan fingerprint density at radius 1 is 1.35 bits per heavy atom. The van der Waals surface area contributed by atoms with Gasteiger partial charge in [0.25, 0.3) is 0 Å². The van der Waals surface area contributed by atoms with Crippen LogP contribution in [0.1, 0.15) is 49.4 Å². The summed E-state index contributed by atoms with van der Waals surface area (Å²) in [6.45, 7) is 3.05. The minimum atomic E-state index is -0.210. The smallest absolute Gasteiger partial charge is 0.244 e. The highest BCUT2D eigenvalue weighted by atomic mass is 16.2. The zero-order valence-electron chi connectivity index (χ0n) is 12.1. The number of nitrogens with zero attached hydrogens (tertiary/aromatic N) is 1.